The summed E-state index contributed by atoms with van der Waals surface area (Å²) in [6.45, 7) is 3.58. The van der Waals surface area contributed by atoms with E-state index in [1.54, 1.807) is 13.8 Å². The van der Waals surface area contributed by atoms with Crippen LogP contribution in [0, 0.1) is 5.41 Å². The summed E-state index contributed by atoms with van der Waals surface area (Å²) in [7, 11) is 1.28. The number of hydrogen-bond donors (Lipinski definition) is 1. The molecule has 19 heavy (non-hydrogen) atoms. The van der Waals surface area contributed by atoms with Crippen LogP contribution in [0.2, 0.25) is 0 Å². The standard InChI is InChI=1S/C14H18BrNO3/c1-14(2,13(18)19-3)12(17)16-8-7-10-5-4-6-11(15)9-10/h4-6,9H,7-8H2,1-3H3,(H,16,17). The zero-order valence-electron chi connectivity index (χ0n) is 11.3. The second-order valence-corrected chi connectivity index (χ2v) is 5.67. The monoisotopic (exact) mass is 327 g/mol. The maximum atomic E-state index is 11.9. The minimum atomic E-state index is -1.16. The lowest BCUT2D eigenvalue weighted by Crippen LogP contribution is -2.43. The molecule has 1 amide bonds. The van der Waals surface area contributed by atoms with Gasteiger partial charge >= 0.3 is 5.97 Å². The van der Waals surface area contributed by atoms with Crippen molar-refractivity contribution in [1.82, 2.24) is 5.32 Å². The lowest BCUT2D eigenvalue weighted by Gasteiger charge is -2.20. The number of rotatable bonds is 5. The molecule has 1 rings (SSSR count). The van der Waals surface area contributed by atoms with Crippen LogP contribution in [0.25, 0.3) is 0 Å². The van der Waals surface area contributed by atoms with E-state index in [2.05, 4.69) is 26.0 Å². The van der Waals surface area contributed by atoms with Crippen molar-refractivity contribution in [2.24, 2.45) is 5.41 Å². The zero-order valence-corrected chi connectivity index (χ0v) is 12.9. The molecule has 1 aromatic carbocycles. The highest BCUT2D eigenvalue weighted by Gasteiger charge is 2.36. The van der Waals surface area contributed by atoms with Crippen LogP contribution in [-0.4, -0.2) is 25.5 Å². The number of ether oxygens (including phenoxy) is 1. The van der Waals surface area contributed by atoms with E-state index >= 15 is 0 Å². The van der Waals surface area contributed by atoms with Crippen molar-refractivity contribution < 1.29 is 14.3 Å². The van der Waals surface area contributed by atoms with Gasteiger partial charge in [-0.1, -0.05) is 28.1 Å². The molecule has 0 heterocycles. The van der Waals surface area contributed by atoms with Crippen LogP contribution >= 0.6 is 15.9 Å². The Morgan fingerprint density at radius 2 is 2.05 bits per heavy atom. The number of methoxy groups -OCH3 is 1. The van der Waals surface area contributed by atoms with E-state index in [0.717, 1.165) is 10.0 Å². The van der Waals surface area contributed by atoms with E-state index < -0.39 is 11.4 Å². The predicted molar refractivity (Wildman–Crippen MR) is 76.7 cm³/mol. The SMILES string of the molecule is COC(=O)C(C)(C)C(=O)NCCc1cccc(Br)c1. The number of benzene rings is 1. The molecule has 4 nitrogen and oxygen atoms in total. The Balaban J connectivity index is 2.49. The van der Waals surface area contributed by atoms with Crippen LogP contribution in [0.3, 0.4) is 0 Å². The zero-order chi connectivity index (χ0) is 14.5. The fourth-order valence-corrected chi connectivity index (χ4v) is 2.03. The third-order valence-electron chi connectivity index (χ3n) is 2.85. The van der Waals surface area contributed by atoms with Gasteiger partial charge in [0.2, 0.25) is 5.91 Å². The van der Waals surface area contributed by atoms with Crippen molar-refractivity contribution in [2.75, 3.05) is 13.7 Å². The fraction of sp³-hybridized carbons (Fsp3) is 0.429. The molecule has 0 unspecified atom stereocenters. The summed E-state index contributed by atoms with van der Waals surface area (Å²) >= 11 is 3.39. The van der Waals surface area contributed by atoms with Crippen molar-refractivity contribution in [3.63, 3.8) is 0 Å². The number of halogens is 1. The summed E-state index contributed by atoms with van der Waals surface area (Å²) < 4.78 is 5.62. The van der Waals surface area contributed by atoms with E-state index in [1.807, 2.05) is 24.3 Å². The molecule has 104 valence electrons. The van der Waals surface area contributed by atoms with Gasteiger partial charge in [0.05, 0.1) is 7.11 Å². The Bertz CT molecular complexity index is 472. The van der Waals surface area contributed by atoms with Crippen molar-refractivity contribution in [1.29, 1.82) is 0 Å². The number of carbonyl (C=O) groups is 2. The molecule has 0 bridgehead atoms. The number of esters is 1. The number of amides is 1. The first-order valence-corrected chi connectivity index (χ1v) is 6.78. The first-order chi connectivity index (χ1) is 8.87. The molecule has 0 aromatic heterocycles. The van der Waals surface area contributed by atoms with Crippen molar-refractivity contribution in [3.8, 4) is 0 Å². The number of carbonyl (C=O) groups excluding carboxylic acids is 2. The Labute approximate surface area is 121 Å². The smallest absolute Gasteiger partial charge is 0.320 e. The topological polar surface area (TPSA) is 55.4 Å². The quantitative estimate of drug-likeness (QED) is 0.667. The van der Waals surface area contributed by atoms with Crippen molar-refractivity contribution in [2.45, 2.75) is 20.3 Å². The number of nitrogens with one attached hydrogen (secondary N) is 1. The molecule has 0 aliphatic heterocycles. The minimum Gasteiger partial charge on any atom is -0.468 e. The Kier molecular flexibility index (Phi) is 5.54. The van der Waals surface area contributed by atoms with E-state index in [0.29, 0.717) is 13.0 Å². The summed E-state index contributed by atoms with van der Waals surface area (Å²) in [6.07, 6.45) is 0.711. The van der Waals surface area contributed by atoms with Crippen molar-refractivity contribution >= 4 is 27.8 Å². The molecular weight excluding hydrogens is 310 g/mol. The predicted octanol–water partition coefficient (Wildman–Crippen LogP) is 2.31. The van der Waals surface area contributed by atoms with Gasteiger partial charge in [-0.3, -0.25) is 9.59 Å². The summed E-state index contributed by atoms with van der Waals surface area (Å²) in [5.74, 6) is -0.859. The molecule has 0 spiro atoms. The van der Waals surface area contributed by atoms with Crippen LogP contribution < -0.4 is 5.32 Å². The van der Waals surface area contributed by atoms with Gasteiger partial charge in [-0.05, 0) is 38.0 Å². The Morgan fingerprint density at radius 1 is 1.37 bits per heavy atom. The second kappa shape index (κ2) is 6.70. The van der Waals surface area contributed by atoms with Crippen molar-refractivity contribution in [3.05, 3.63) is 34.3 Å². The molecule has 0 aliphatic carbocycles. The Morgan fingerprint density at radius 3 is 2.63 bits per heavy atom. The van der Waals surface area contributed by atoms with Gasteiger partial charge in [-0.2, -0.15) is 0 Å². The van der Waals surface area contributed by atoms with Crippen LogP contribution in [0.1, 0.15) is 19.4 Å². The molecule has 0 saturated carbocycles. The average molecular weight is 328 g/mol. The van der Waals surface area contributed by atoms with Gasteiger partial charge in [-0.25, -0.2) is 0 Å². The number of hydrogen-bond acceptors (Lipinski definition) is 3. The van der Waals surface area contributed by atoms with Gasteiger partial charge in [-0.15, -0.1) is 0 Å². The molecule has 1 N–H and O–H groups in total. The molecule has 0 atom stereocenters. The summed E-state index contributed by atoms with van der Waals surface area (Å²) in [4.78, 5) is 23.4. The summed E-state index contributed by atoms with van der Waals surface area (Å²) in [5.41, 5.74) is -0.0444. The lowest BCUT2D eigenvalue weighted by atomic mass is 9.92. The molecule has 5 heteroatoms. The van der Waals surface area contributed by atoms with E-state index in [1.165, 1.54) is 7.11 Å². The van der Waals surface area contributed by atoms with Gasteiger partial charge < -0.3 is 10.1 Å². The van der Waals surface area contributed by atoms with Gasteiger partial charge in [0, 0.05) is 11.0 Å². The summed E-state index contributed by atoms with van der Waals surface area (Å²) in [5, 5.41) is 2.75. The molecule has 1 aromatic rings. The first-order valence-electron chi connectivity index (χ1n) is 5.99. The normalized spacial score (nSPS) is 10.9. The first kappa shape index (κ1) is 15.7. The molecule has 0 radical (unpaired) electrons. The summed E-state index contributed by atoms with van der Waals surface area (Å²) in [6, 6.07) is 7.88. The van der Waals surface area contributed by atoms with E-state index in [4.69, 9.17) is 0 Å². The highest BCUT2D eigenvalue weighted by atomic mass is 79.9. The lowest BCUT2D eigenvalue weighted by molar-refractivity contribution is -0.156. The highest BCUT2D eigenvalue weighted by Crippen LogP contribution is 2.17. The van der Waals surface area contributed by atoms with Crippen LogP contribution in [0.15, 0.2) is 28.7 Å². The minimum absolute atomic E-state index is 0.325. The van der Waals surface area contributed by atoms with Crippen LogP contribution in [0.5, 0.6) is 0 Å². The second-order valence-electron chi connectivity index (χ2n) is 4.75. The molecule has 0 saturated heterocycles. The van der Waals surface area contributed by atoms with Crippen LogP contribution in [-0.2, 0) is 20.7 Å². The van der Waals surface area contributed by atoms with Gasteiger partial charge in [0.1, 0.15) is 5.41 Å². The van der Waals surface area contributed by atoms with Crippen LogP contribution in [0.4, 0.5) is 0 Å². The molecular formula is C14H18BrNO3. The third kappa shape index (κ3) is 4.35. The van der Waals surface area contributed by atoms with Gasteiger partial charge in [0.15, 0.2) is 0 Å². The molecule has 0 aliphatic rings. The van der Waals surface area contributed by atoms with E-state index in [-0.39, 0.29) is 5.91 Å². The maximum Gasteiger partial charge on any atom is 0.320 e. The van der Waals surface area contributed by atoms with Gasteiger partial charge in [0.25, 0.3) is 0 Å². The average Bonchev–Trinajstić information content (AvgIpc) is 2.37. The molecule has 0 fully saturated rings. The fourth-order valence-electron chi connectivity index (χ4n) is 1.58. The maximum absolute atomic E-state index is 11.9. The van der Waals surface area contributed by atoms with E-state index in [9.17, 15) is 9.59 Å². The third-order valence-corrected chi connectivity index (χ3v) is 3.34. The highest BCUT2D eigenvalue weighted by molar-refractivity contribution is 9.10. The largest absolute Gasteiger partial charge is 0.468 e. The Hall–Kier alpha value is -1.36.